The molecular formula is C12H20FN5. The van der Waals surface area contributed by atoms with Crippen molar-refractivity contribution in [3.05, 3.63) is 12.0 Å². The van der Waals surface area contributed by atoms with Gasteiger partial charge < -0.3 is 10.2 Å². The highest BCUT2D eigenvalue weighted by Gasteiger charge is 2.32. The highest BCUT2D eigenvalue weighted by atomic mass is 19.1. The minimum absolute atomic E-state index is 0.00937. The highest BCUT2D eigenvalue weighted by Crippen LogP contribution is 2.25. The summed E-state index contributed by atoms with van der Waals surface area (Å²) in [7, 11) is 3.82. The van der Waals surface area contributed by atoms with E-state index < -0.39 is 0 Å². The van der Waals surface area contributed by atoms with Gasteiger partial charge in [-0.25, -0.2) is 9.37 Å². The van der Waals surface area contributed by atoms with E-state index in [0.717, 1.165) is 19.6 Å². The summed E-state index contributed by atoms with van der Waals surface area (Å²) in [6.45, 7) is 6.72. The molecule has 2 rings (SSSR count). The lowest BCUT2D eigenvalue weighted by Gasteiger charge is -2.45. The van der Waals surface area contributed by atoms with Crippen molar-refractivity contribution in [2.75, 3.05) is 43.9 Å². The average molecular weight is 253 g/mol. The van der Waals surface area contributed by atoms with Crippen molar-refractivity contribution in [1.29, 1.82) is 0 Å². The third-order valence-corrected chi connectivity index (χ3v) is 3.57. The number of piperazine rings is 1. The molecule has 0 bridgehead atoms. The Balaban J connectivity index is 2.26. The maximum atomic E-state index is 13.8. The Bertz CT molecular complexity index is 434. The van der Waals surface area contributed by atoms with E-state index in [-0.39, 0.29) is 11.4 Å². The molecule has 0 unspecified atom stereocenters. The number of nitrogens with one attached hydrogen (secondary N) is 1. The van der Waals surface area contributed by atoms with E-state index in [1.54, 1.807) is 7.05 Å². The lowest BCUT2D eigenvalue weighted by atomic mass is 10.00. The monoisotopic (exact) mass is 253 g/mol. The number of aromatic nitrogens is 2. The molecule has 1 aliphatic heterocycles. The fraction of sp³-hybridized carbons (Fsp3) is 0.667. The smallest absolute Gasteiger partial charge is 0.224 e. The number of likely N-dealkylation sites (N-methyl/N-ethyl adjacent to an activating group) is 1. The summed E-state index contributed by atoms with van der Waals surface area (Å²) in [4.78, 5) is 12.3. The molecule has 1 aromatic rings. The minimum Gasteiger partial charge on any atom is -0.357 e. The summed E-state index contributed by atoms with van der Waals surface area (Å²) in [6.07, 6.45) is 1.22. The molecule has 1 aliphatic rings. The lowest BCUT2D eigenvalue weighted by Crippen LogP contribution is -2.58. The fourth-order valence-corrected chi connectivity index (χ4v) is 2.12. The molecule has 0 aromatic carbocycles. The lowest BCUT2D eigenvalue weighted by molar-refractivity contribution is 0.138. The molecule has 2 heterocycles. The molecule has 100 valence electrons. The van der Waals surface area contributed by atoms with Crippen LogP contribution in [0.5, 0.6) is 0 Å². The molecule has 1 aromatic heterocycles. The number of rotatable bonds is 2. The summed E-state index contributed by atoms with van der Waals surface area (Å²) in [6, 6.07) is 0. The van der Waals surface area contributed by atoms with Crippen molar-refractivity contribution in [1.82, 2.24) is 14.9 Å². The van der Waals surface area contributed by atoms with Crippen LogP contribution in [-0.2, 0) is 0 Å². The SMILES string of the molecule is CNc1ncc(F)c(N2CCN(C)C(C)(C)C2)n1. The zero-order valence-corrected chi connectivity index (χ0v) is 11.4. The third-order valence-electron chi connectivity index (χ3n) is 3.57. The predicted molar refractivity (Wildman–Crippen MR) is 70.5 cm³/mol. The Morgan fingerprint density at radius 2 is 2.11 bits per heavy atom. The van der Waals surface area contributed by atoms with E-state index in [9.17, 15) is 4.39 Å². The second-order valence-corrected chi connectivity index (χ2v) is 5.27. The molecule has 0 radical (unpaired) electrons. The van der Waals surface area contributed by atoms with Gasteiger partial charge in [0.05, 0.1) is 6.20 Å². The van der Waals surface area contributed by atoms with Crippen LogP contribution in [-0.4, -0.2) is 54.1 Å². The largest absolute Gasteiger partial charge is 0.357 e. The van der Waals surface area contributed by atoms with E-state index >= 15 is 0 Å². The first-order valence-corrected chi connectivity index (χ1v) is 6.10. The topological polar surface area (TPSA) is 44.3 Å². The second-order valence-electron chi connectivity index (χ2n) is 5.27. The Hall–Kier alpha value is -1.43. The molecule has 0 spiro atoms. The Kier molecular flexibility index (Phi) is 3.38. The van der Waals surface area contributed by atoms with E-state index in [1.807, 2.05) is 4.90 Å². The Labute approximate surface area is 107 Å². The standard InChI is InChI=1S/C12H20FN5/c1-12(2)8-18(6-5-17(12)4)10-9(13)7-15-11(14-3)16-10/h7H,5-6,8H2,1-4H3,(H,14,15,16). The maximum Gasteiger partial charge on any atom is 0.224 e. The molecular weight excluding hydrogens is 233 g/mol. The molecule has 1 N–H and O–H groups in total. The molecule has 6 heteroatoms. The summed E-state index contributed by atoms with van der Waals surface area (Å²) in [5.74, 6) is 0.466. The summed E-state index contributed by atoms with van der Waals surface area (Å²) in [5, 5.41) is 2.84. The van der Waals surface area contributed by atoms with E-state index in [1.165, 1.54) is 6.20 Å². The first-order valence-electron chi connectivity index (χ1n) is 6.10. The highest BCUT2D eigenvalue weighted by molar-refractivity contribution is 5.44. The zero-order chi connectivity index (χ0) is 13.3. The minimum atomic E-state index is -0.366. The number of hydrogen-bond acceptors (Lipinski definition) is 5. The second kappa shape index (κ2) is 4.68. The van der Waals surface area contributed by atoms with Gasteiger partial charge in [0.2, 0.25) is 5.95 Å². The van der Waals surface area contributed by atoms with Crippen LogP contribution in [0, 0.1) is 5.82 Å². The van der Waals surface area contributed by atoms with Crippen molar-refractivity contribution in [3.8, 4) is 0 Å². The molecule has 1 fully saturated rings. The van der Waals surface area contributed by atoms with Crippen molar-refractivity contribution in [2.24, 2.45) is 0 Å². The van der Waals surface area contributed by atoms with Gasteiger partial charge in [0.25, 0.3) is 0 Å². The van der Waals surface area contributed by atoms with Crippen molar-refractivity contribution >= 4 is 11.8 Å². The summed E-state index contributed by atoms with van der Waals surface area (Å²) >= 11 is 0. The molecule has 0 saturated carbocycles. The average Bonchev–Trinajstić information content (AvgIpc) is 2.33. The van der Waals surface area contributed by atoms with Crippen LogP contribution in [0.25, 0.3) is 0 Å². The van der Waals surface area contributed by atoms with Gasteiger partial charge in [-0.2, -0.15) is 4.98 Å². The predicted octanol–water partition coefficient (Wildman–Crippen LogP) is 1.19. The van der Waals surface area contributed by atoms with Gasteiger partial charge in [0.1, 0.15) is 0 Å². The zero-order valence-electron chi connectivity index (χ0n) is 11.4. The molecule has 1 saturated heterocycles. The number of nitrogens with zero attached hydrogens (tertiary/aromatic N) is 4. The van der Waals surface area contributed by atoms with Crippen LogP contribution in [0.1, 0.15) is 13.8 Å². The van der Waals surface area contributed by atoms with E-state index in [4.69, 9.17) is 0 Å². The van der Waals surface area contributed by atoms with Gasteiger partial charge in [0.15, 0.2) is 11.6 Å². The normalized spacial score (nSPS) is 19.9. The number of halogens is 1. The quantitative estimate of drug-likeness (QED) is 0.857. The van der Waals surface area contributed by atoms with Gasteiger partial charge in [-0.3, -0.25) is 4.90 Å². The first-order chi connectivity index (χ1) is 8.44. The Morgan fingerprint density at radius 3 is 2.72 bits per heavy atom. The van der Waals surface area contributed by atoms with Crippen LogP contribution in [0.3, 0.4) is 0 Å². The van der Waals surface area contributed by atoms with Crippen molar-refractivity contribution in [3.63, 3.8) is 0 Å². The molecule has 0 aliphatic carbocycles. The van der Waals surface area contributed by atoms with Gasteiger partial charge in [-0.15, -0.1) is 0 Å². The van der Waals surface area contributed by atoms with Crippen LogP contribution >= 0.6 is 0 Å². The molecule has 18 heavy (non-hydrogen) atoms. The van der Waals surface area contributed by atoms with Crippen LogP contribution < -0.4 is 10.2 Å². The maximum absolute atomic E-state index is 13.8. The van der Waals surface area contributed by atoms with Crippen LogP contribution in [0.4, 0.5) is 16.2 Å². The third kappa shape index (κ3) is 2.38. The van der Waals surface area contributed by atoms with Gasteiger partial charge >= 0.3 is 0 Å². The van der Waals surface area contributed by atoms with Crippen LogP contribution in [0.15, 0.2) is 6.20 Å². The van der Waals surface area contributed by atoms with Gasteiger partial charge in [0, 0.05) is 32.2 Å². The molecule has 0 amide bonds. The van der Waals surface area contributed by atoms with E-state index in [2.05, 4.69) is 41.1 Å². The number of hydrogen-bond donors (Lipinski definition) is 1. The number of anilines is 2. The van der Waals surface area contributed by atoms with Gasteiger partial charge in [-0.05, 0) is 20.9 Å². The van der Waals surface area contributed by atoms with Crippen molar-refractivity contribution in [2.45, 2.75) is 19.4 Å². The van der Waals surface area contributed by atoms with Crippen LogP contribution in [0.2, 0.25) is 0 Å². The summed E-state index contributed by atoms with van der Waals surface area (Å²) < 4.78 is 13.8. The summed E-state index contributed by atoms with van der Waals surface area (Å²) in [5.41, 5.74) is 0.00937. The van der Waals surface area contributed by atoms with Crippen molar-refractivity contribution < 1.29 is 4.39 Å². The fourth-order valence-electron chi connectivity index (χ4n) is 2.12. The van der Waals surface area contributed by atoms with E-state index in [0.29, 0.717) is 11.8 Å². The Morgan fingerprint density at radius 1 is 1.39 bits per heavy atom. The first kappa shape index (κ1) is 13.0. The molecule has 0 atom stereocenters. The molecule has 5 nitrogen and oxygen atoms in total. The van der Waals surface area contributed by atoms with Gasteiger partial charge in [-0.1, -0.05) is 0 Å².